The molecule has 1 fully saturated rings. The smallest absolute Gasteiger partial charge is 0.341 e. The molecule has 1 saturated carbocycles. The predicted octanol–water partition coefficient (Wildman–Crippen LogP) is 3.80. The van der Waals surface area contributed by atoms with Gasteiger partial charge in [0.05, 0.1) is 12.7 Å². The van der Waals surface area contributed by atoms with Crippen molar-refractivity contribution in [2.45, 2.75) is 18.8 Å². The van der Waals surface area contributed by atoms with Gasteiger partial charge in [-0.2, -0.15) is 4.98 Å². The zero-order chi connectivity index (χ0) is 17.7. The van der Waals surface area contributed by atoms with Gasteiger partial charge in [-0.05, 0) is 31.0 Å². The molecule has 4 aromatic rings. The third-order valence-corrected chi connectivity index (χ3v) is 4.25. The molecule has 0 saturated heterocycles. The van der Waals surface area contributed by atoms with Crippen molar-refractivity contribution in [1.82, 2.24) is 15.1 Å². The molecule has 0 spiro atoms. The van der Waals surface area contributed by atoms with Crippen LogP contribution in [0.4, 0.5) is 0 Å². The largest absolute Gasteiger partial charge is 0.465 e. The highest BCUT2D eigenvalue weighted by atomic mass is 16.5. The third-order valence-electron chi connectivity index (χ3n) is 4.25. The first-order valence-corrected chi connectivity index (χ1v) is 8.13. The van der Waals surface area contributed by atoms with Gasteiger partial charge < -0.3 is 18.1 Å². The molecule has 0 bridgehead atoms. The third kappa shape index (κ3) is 2.46. The van der Waals surface area contributed by atoms with Crippen LogP contribution in [0.2, 0.25) is 0 Å². The van der Waals surface area contributed by atoms with Gasteiger partial charge in [0.2, 0.25) is 5.82 Å². The minimum Gasteiger partial charge on any atom is -0.465 e. The summed E-state index contributed by atoms with van der Waals surface area (Å²) in [6.45, 7) is 0. The lowest BCUT2D eigenvalue weighted by Crippen LogP contribution is -1.98. The van der Waals surface area contributed by atoms with Crippen molar-refractivity contribution < 1.29 is 22.9 Å². The van der Waals surface area contributed by atoms with Crippen molar-refractivity contribution in [3.8, 4) is 23.0 Å². The van der Waals surface area contributed by atoms with E-state index in [0.717, 1.165) is 29.8 Å². The summed E-state index contributed by atoms with van der Waals surface area (Å²) in [6.07, 6.45) is 3.55. The maximum absolute atomic E-state index is 11.5. The van der Waals surface area contributed by atoms with E-state index < -0.39 is 5.97 Å². The zero-order valence-electron chi connectivity index (χ0n) is 13.8. The van der Waals surface area contributed by atoms with E-state index in [4.69, 9.17) is 13.4 Å². The normalized spacial score (nSPS) is 14.0. The van der Waals surface area contributed by atoms with Crippen molar-refractivity contribution in [3.05, 3.63) is 42.0 Å². The Bertz CT molecular complexity index is 1120. The van der Waals surface area contributed by atoms with Gasteiger partial charge in [-0.15, -0.1) is 0 Å². The SMILES string of the molecule is COC(=O)c1coc(-c2noc(-c3ccc4nc(C5CC5)oc4c3)n2)c1. The van der Waals surface area contributed by atoms with Crippen molar-refractivity contribution in [2.24, 2.45) is 0 Å². The molecule has 26 heavy (non-hydrogen) atoms. The number of carbonyl (C=O) groups is 1. The summed E-state index contributed by atoms with van der Waals surface area (Å²) in [5, 5.41) is 3.91. The van der Waals surface area contributed by atoms with E-state index >= 15 is 0 Å². The molecule has 5 rings (SSSR count). The number of oxazole rings is 1. The Balaban J connectivity index is 1.46. The van der Waals surface area contributed by atoms with Gasteiger partial charge in [0.25, 0.3) is 5.89 Å². The van der Waals surface area contributed by atoms with E-state index in [1.54, 1.807) is 0 Å². The fourth-order valence-corrected chi connectivity index (χ4v) is 2.70. The minimum atomic E-state index is -0.494. The Morgan fingerprint density at radius 3 is 2.92 bits per heavy atom. The molecule has 130 valence electrons. The zero-order valence-corrected chi connectivity index (χ0v) is 13.8. The van der Waals surface area contributed by atoms with Crippen LogP contribution >= 0.6 is 0 Å². The van der Waals surface area contributed by atoms with E-state index in [2.05, 4.69) is 19.9 Å². The second-order valence-electron chi connectivity index (χ2n) is 6.12. The Labute approximate surface area is 146 Å². The van der Waals surface area contributed by atoms with E-state index in [1.165, 1.54) is 19.4 Å². The molecule has 3 heterocycles. The summed E-state index contributed by atoms with van der Waals surface area (Å²) < 4.78 is 21.1. The Kier molecular flexibility index (Phi) is 3.18. The monoisotopic (exact) mass is 351 g/mol. The highest BCUT2D eigenvalue weighted by Gasteiger charge is 2.29. The van der Waals surface area contributed by atoms with E-state index in [9.17, 15) is 4.79 Å². The average Bonchev–Trinajstić information content (AvgIpc) is 3.08. The number of hydrogen-bond donors (Lipinski definition) is 0. The van der Waals surface area contributed by atoms with E-state index in [-0.39, 0.29) is 11.4 Å². The molecule has 1 aliphatic rings. The maximum Gasteiger partial charge on any atom is 0.341 e. The molecule has 0 atom stereocenters. The fraction of sp³-hybridized carbons (Fsp3) is 0.222. The highest BCUT2D eigenvalue weighted by molar-refractivity contribution is 5.90. The second-order valence-corrected chi connectivity index (χ2v) is 6.12. The van der Waals surface area contributed by atoms with Gasteiger partial charge >= 0.3 is 5.97 Å². The second kappa shape index (κ2) is 5.55. The van der Waals surface area contributed by atoms with Crippen LogP contribution in [-0.2, 0) is 4.74 Å². The number of ether oxygens (including phenoxy) is 1. The molecule has 3 aromatic heterocycles. The van der Waals surface area contributed by atoms with Crippen LogP contribution in [0, 0.1) is 0 Å². The van der Waals surface area contributed by atoms with Crippen molar-refractivity contribution in [1.29, 1.82) is 0 Å². The minimum absolute atomic E-state index is 0.242. The Hall–Kier alpha value is -3.42. The van der Waals surface area contributed by atoms with Gasteiger partial charge in [-0.3, -0.25) is 0 Å². The topological polar surface area (TPSA) is 104 Å². The Morgan fingerprint density at radius 1 is 1.23 bits per heavy atom. The van der Waals surface area contributed by atoms with Crippen LogP contribution in [0.5, 0.6) is 0 Å². The first-order chi connectivity index (χ1) is 12.7. The first-order valence-electron chi connectivity index (χ1n) is 8.13. The number of aromatic nitrogens is 3. The molecule has 0 aliphatic heterocycles. The van der Waals surface area contributed by atoms with Gasteiger partial charge in [0, 0.05) is 17.5 Å². The van der Waals surface area contributed by atoms with E-state index in [1.807, 2.05) is 18.2 Å². The number of nitrogens with zero attached hydrogens (tertiary/aromatic N) is 3. The number of methoxy groups -OCH3 is 1. The molecule has 1 aromatic carbocycles. The fourth-order valence-electron chi connectivity index (χ4n) is 2.70. The number of hydrogen-bond acceptors (Lipinski definition) is 8. The van der Waals surface area contributed by atoms with Gasteiger partial charge in [0.15, 0.2) is 17.2 Å². The summed E-state index contributed by atoms with van der Waals surface area (Å²) in [7, 11) is 1.30. The molecule has 8 nitrogen and oxygen atoms in total. The quantitative estimate of drug-likeness (QED) is 0.511. The molecular weight excluding hydrogens is 338 g/mol. The number of furan rings is 1. The summed E-state index contributed by atoms with van der Waals surface area (Å²) in [4.78, 5) is 20.3. The molecular formula is C18H13N3O5. The molecule has 0 unspecified atom stereocenters. The Morgan fingerprint density at radius 2 is 2.12 bits per heavy atom. The van der Waals surface area contributed by atoms with E-state index in [0.29, 0.717) is 23.2 Å². The standard InChI is InChI=1S/C18H13N3O5/c1-23-18(22)11-7-14(24-8-11)15-20-17(26-21-15)10-4-5-12-13(6-10)25-16(19-12)9-2-3-9/h4-9H,2-3H2,1H3. The van der Waals surface area contributed by atoms with Crippen LogP contribution in [0.25, 0.3) is 34.1 Å². The van der Waals surface area contributed by atoms with Gasteiger partial charge in [0.1, 0.15) is 11.8 Å². The van der Waals surface area contributed by atoms with Crippen molar-refractivity contribution in [3.63, 3.8) is 0 Å². The number of carbonyl (C=O) groups excluding carboxylic acids is 1. The molecule has 0 N–H and O–H groups in total. The summed E-state index contributed by atoms with van der Waals surface area (Å²) in [5.41, 5.74) is 2.50. The van der Waals surface area contributed by atoms with Crippen molar-refractivity contribution >= 4 is 17.1 Å². The van der Waals surface area contributed by atoms with Crippen LogP contribution in [0.15, 0.2) is 43.9 Å². The summed E-state index contributed by atoms with van der Waals surface area (Å²) in [5.74, 6) is 1.62. The molecule has 0 radical (unpaired) electrons. The number of fused-ring (bicyclic) bond motifs is 1. The maximum atomic E-state index is 11.5. The van der Waals surface area contributed by atoms with Gasteiger partial charge in [-0.25, -0.2) is 9.78 Å². The van der Waals surface area contributed by atoms with Crippen LogP contribution < -0.4 is 0 Å². The number of rotatable bonds is 4. The predicted molar refractivity (Wildman–Crippen MR) is 88.3 cm³/mol. The first kappa shape index (κ1) is 14.9. The molecule has 1 aliphatic carbocycles. The molecule has 8 heteroatoms. The number of benzene rings is 1. The summed E-state index contributed by atoms with van der Waals surface area (Å²) in [6, 6.07) is 7.04. The van der Waals surface area contributed by atoms with Crippen LogP contribution in [0.1, 0.15) is 35.0 Å². The lowest BCUT2D eigenvalue weighted by atomic mass is 10.2. The average molecular weight is 351 g/mol. The summed E-state index contributed by atoms with van der Waals surface area (Å²) >= 11 is 0. The molecule has 0 amide bonds. The van der Waals surface area contributed by atoms with Crippen LogP contribution in [0.3, 0.4) is 0 Å². The highest BCUT2D eigenvalue weighted by Crippen LogP contribution is 2.40. The van der Waals surface area contributed by atoms with Gasteiger partial charge in [-0.1, -0.05) is 5.16 Å². The lowest BCUT2D eigenvalue weighted by Gasteiger charge is -1.92. The number of esters is 1. The van der Waals surface area contributed by atoms with Crippen molar-refractivity contribution in [2.75, 3.05) is 7.11 Å². The van der Waals surface area contributed by atoms with Crippen LogP contribution in [-0.4, -0.2) is 28.2 Å². The lowest BCUT2D eigenvalue weighted by molar-refractivity contribution is 0.0600.